The van der Waals surface area contributed by atoms with E-state index in [1.54, 1.807) is 12.1 Å². The Morgan fingerprint density at radius 2 is 2.00 bits per heavy atom. The van der Waals surface area contributed by atoms with E-state index in [4.69, 9.17) is 9.47 Å². The number of carbonyl (C=O) groups is 1. The maximum absolute atomic E-state index is 12.5. The lowest BCUT2D eigenvalue weighted by Crippen LogP contribution is -2.51. The van der Waals surface area contributed by atoms with E-state index in [-0.39, 0.29) is 19.0 Å². The number of anilines is 1. The minimum absolute atomic E-state index is 0.0701. The Kier molecular flexibility index (Phi) is 5.79. The van der Waals surface area contributed by atoms with Crippen molar-refractivity contribution in [1.82, 2.24) is 5.32 Å². The lowest BCUT2D eigenvalue weighted by atomic mass is 10.1. The van der Waals surface area contributed by atoms with E-state index in [9.17, 15) is 13.2 Å². The summed E-state index contributed by atoms with van der Waals surface area (Å²) in [6.45, 7) is 4.34. The van der Waals surface area contributed by atoms with Crippen molar-refractivity contribution in [2.45, 2.75) is 20.0 Å². The molecule has 7 nitrogen and oxygen atoms in total. The van der Waals surface area contributed by atoms with Crippen LogP contribution in [0.25, 0.3) is 0 Å². The van der Waals surface area contributed by atoms with Crippen LogP contribution >= 0.6 is 0 Å². The third kappa shape index (κ3) is 4.56. The maximum atomic E-state index is 12.5. The SMILES string of the molecule is Cc1ccc2c(c1)OC(C(=O)NCCOc1ccccc1C)CN2S(C)(=O)=O. The number of sulfonamides is 1. The zero-order chi connectivity index (χ0) is 20.3. The van der Waals surface area contributed by atoms with E-state index in [1.165, 1.54) is 4.31 Å². The summed E-state index contributed by atoms with van der Waals surface area (Å²) in [6, 6.07) is 12.9. The molecule has 28 heavy (non-hydrogen) atoms. The van der Waals surface area contributed by atoms with E-state index in [2.05, 4.69) is 5.32 Å². The van der Waals surface area contributed by atoms with Gasteiger partial charge in [0.2, 0.25) is 10.0 Å². The number of ether oxygens (including phenoxy) is 2. The van der Waals surface area contributed by atoms with Gasteiger partial charge in [0.1, 0.15) is 18.1 Å². The van der Waals surface area contributed by atoms with Crippen molar-refractivity contribution in [3.8, 4) is 11.5 Å². The molecule has 0 fully saturated rings. The number of aryl methyl sites for hydroxylation is 2. The van der Waals surface area contributed by atoms with Crippen LogP contribution in [0.2, 0.25) is 0 Å². The van der Waals surface area contributed by atoms with Gasteiger partial charge in [-0.05, 0) is 43.2 Å². The summed E-state index contributed by atoms with van der Waals surface area (Å²) >= 11 is 0. The molecule has 1 N–H and O–H groups in total. The van der Waals surface area contributed by atoms with Gasteiger partial charge in [-0.3, -0.25) is 9.10 Å². The highest BCUT2D eigenvalue weighted by Gasteiger charge is 2.34. The molecule has 2 aromatic carbocycles. The maximum Gasteiger partial charge on any atom is 0.263 e. The number of amides is 1. The van der Waals surface area contributed by atoms with Gasteiger partial charge in [0, 0.05) is 0 Å². The predicted octanol–water partition coefficient (Wildman–Crippen LogP) is 2.03. The summed E-state index contributed by atoms with van der Waals surface area (Å²) in [7, 11) is -3.54. The number of benzene rings is 2. The number of hydrogen-bond donors (Lipinski definition) is 1. The minimum Gasteiger partial charge on any atom is -0.491 e. The van der Waals surface area contributed by atoms with Crippen molar-refractivity contribution >= 4 is 21.6 Å². The summed E-state index contributed by atoms with van der Waals surface area (Å²) in [4.78, 5) is 12.5. The van der Waals surface area contributed by atoms with Crippen LogP contribution in [0.1, 0.15) is 11.1 Å². The van der Waals surface area contributed by atoms with Crippen LogP contribution in [0.5, 0.6) is 11.5 Å². The Morgan fingerprint density at radius 1 is 1.25 bits per heavy atom. The molecule has 1 heterocycles. The second-order valence-electron chi connectivity index (χ2n) is 6.78. The molecule has 0 spiro atoms. The fourth-order valence-electron chi connectivity index (χ4n) is 2.98. The fourth-order valence-corrected chi connectivity index (χ4v) is 3.89. The number of carbonyl (C=O) groups excluding carboxylic acids is 1. The first-order valence-corrected chi connectivity index (χ1v) is 10.8. The highest BCUT2D eigenvalue weighted by molar-refractivity contribution is 7.92. The standard InChI is InChI=1S/C20H24N2O5S/c1-14-8-9-16-18(12-14)27-19(13-22(16)28(3,24)25)20(23)21-10-11-26-17-7-5-4-6-15(17)2/h4-9,12,19H,10-11,13H2,1-3H3,(H,21,23). The average molecular weight is 404 g/mol. The molecule has 1 aliphatic heterocycles. The molecular formula is C20H24N2O5S. The molecule has 3 rings (SSSR count). The molecule has 0 aliphatic carbocycles. The average Bonchev–Trinajstić information content (AvgIpc) is 2.64. The van der Waals surface area contributed by atoms with Gasteiger partial charge in [-0.1, -0.05) is 24.3 Å². The van der Waals surface area contributed by atoms with Gasteiger partial charge in [0.05, 0.1) is 25.0 Å². The van der Waals surface area contributed by atoms with Gasteiger partial charge in [0.25, 0.3) is 5.91 Å². The highest BCUT2D eigenvalue weighted by atomic mass is 32.2. The molecule has 1 amide bonds. The Morgan fingerprint density at radius 3 is 2.71 bits per heavy atom. The third-order valence-corrected chi connectivity index (χ3v) is 5.58. The van der Waals surface area contributed by atoms with Crippen LogP contribution in [-0.2, 0) is 14.8 Å². The number of nitrogens with zero attached hydrogens (tertiary/aromatic N) is 1. The lowest BCUT2D eigenvalue weighted by molar-refractivity contribution is -0.127. The van der Waals surface area contributed by atoms with Crippen molar-refractivity contribution in [2.75, 3.05) is 30.3 Å². The Balaban J connectivity index is 1.63. The van der Waals surface area contributed by atoms with Crippen molar-refractivity contribution in [3.05, 3.63) is 53.6 Å². The van der Waals surface area contributed by atoms with Gasteiger partial charge >= 0.3 is 0 Å². The predicted molar refractivity (Wildman–Crippen MR) is 107 cm³/mol. The van der Waals surface area contributed by atoms with E-state index >= 15 is 0 Å². The zero-order valence-corrected chi connectivity index (χ0v) is 17.0. The van der Waals surface area contributed by atoms with Crippen molar-refractivity contribution in [2.24, 2.45) is 0 Å². The zero-order valence-electron chi connectivity index (χ0n) is 16.1. The van der Waals surface area contributed by atoms with E-state index < -0.39 is 16.1 Å². The topological polar surface area (TPSA) is 84.9 Å². The number of fused-ring (bicyclic) bond motifs is 1. The number of nitrogens with one attached hydrogen (secondary N) is 1. The molecule has 1 aliphatic rings. The Hall–Kier alpha value is -2.74. The van der Waals surface area contributed by atoms with Crippen LogP contribution < -0.4 is 19.1 Å². The van der Waals surface area contributed by atoms with Gasteiger partial charge in [-0.2, -0.15) is 0 Å². The molecule has 1 atom stereocenters. The smallest absolute Gasteiger partial charge is 0.263 e. The molecule has 0 bridgehead atoms. The van der Waals surface area contributed by atoms with E-state index in [0.29, 0.717) is 18.0 Å². The molecule has 150 valence electrons. The first kappa shape index (κ1) is 20.0. The quantitative estimate of drug-likeness (QED) is 0.745. The van der Waals surface area contributed by atoms with Crippen molar-refractivity contribution in [3.63, 3.8) is 0 Å². The first-order chi connectivity index (χ1) is 13.3. The summed E-state index contributed by atoms with van der Waals surface area (Å²) < 4.78 is 37.0. The Bertz CT molecular complexity index is 974. The second-order valence-corrected chi connectivity index (χ2v) is 8.68. The number of hydrogen-bond acceptors (Lipinski definition) is 5. The van der Waals surface area contributed by atoms with Gasteiger partial charge in [0.15, 0.2) is 6.10 Å². The normalized spacial score (nSPS) is 16.1. The molecule has 0 radical (unpaired) electrons. The van der Waals surface area contributed by atoms with Gasteiger partial charge in [-0.15, -0.1) is 0 Å². The van der Waals surface area contributed by atoms with Crippen molar-refractivity contribution < 1.29 is 22.7 Å². The largest absolute Gasteiger partial charge is 0.491 e. The summed E-state index contributed by atoms with van der Waals surface area (Å²) in [6.07, 6.45) is 0.190. The number of para-hydroxylation sites is 1. The van der Waals surface area contributed by atoms with Crippen LogP contribution in [0, 0.1) is 13.8 Å². The second kappa shape index (κ2) is 8.10. The summed E-state index contributed by atoms with van der Waals surface area (Å²) in [5, 5.41) is 2.75. The minimum atomic E-state index is -3.54. The van der Waals surface area contributed by atoms with Crippen LogP contribution in [-0.4, -0.2) is 46.4 Å². The lowest BCUT2D eigenvalue weighted by Gasteiger charge is -2.34. The first-order valence-electron chi connectivity index (χ1n) is 8.97. The van der Waals surface area contributed by atoms with E-state index in [0.717, 1.165) is 23.1 Å². The molecule has 8 heteroatoms. The van der Waals surface area contributed by atoms with Gasteiger partial charge < -0.3 is 14.8 Å². The third-order valence-electron chi connectivity index (χ3n) is 4.43. The molecule has 2 aromatic rings. The molecule has 0 saturated carbocycles. The van der Waals surface area contributed by atoms with Crippen LogP contribution in [0.4, 0.5) is 5.69 Å². The molecule has 1 unspecified atom stereocenters. The monoisotopic (exact) mass is 404 g/mol. The summed E-state index contributed by atoms with van der Waals surface area (Å²) in [5.41, 5.74) is 2.38. The molecular weight excluding hydrogens is 380 g/mol. The molecule has 0 aromatic heterocycles. The highest BCUT2D eigenvalue weighted by Crippen LogP contribution is 2.35. The van der Waals surface area contributed by atoms with Gasteiger partial charge in [-0.25, -0.2) is 8.42 Å². The van der Waals surface area contributed by atoms with E-state index in [1.807, 2.05) is 44.2 Å². The molecule has 0 saturated heterocycles. The van der Waals surface area contributed by atoms with Crippen LogP contribution in [0.15, 0.2) is 42.5 Å². The van der Waals surface area contributed by atoms with Crippen molar-refractivity contribution in [1.29, 1.82) is 0 Å². The number of rotatable bonds is 6. The fraction of sp³-hybridized carbons (Fsp3) is 0.350. The van der Waals surface area contributed by atoms with Crippen LogP contribution in [0.3, 0.4) is 0 Å². The Labute approximate surface area is 165 Å². The summed E-state index contributed by atoms with van der Waals surface area (Å²) in [5.74, 6) is 0.764.